The predicted molar refractivity (Wildman–Crippen MR) is 108 cm³/mol. The highest BCUT2D eigenvalue weighted by atomic mass is 32.1. The van der Waals surface area contributed by atoms with Gasteiger partial charge in [-0.1, -0.05) is 18.2 Å². The lowest BCUT2D eigenvalue weighted by Crippen LogP contribution is -2.51. The van der Waals surface area contributed by atoms with Crippen LogP contribution >= 0.6 is 11.3 Å². The maximum Gasteiger partial charge on any atom is 0.258 e. The van der Waals surface area contributed by atoms with E-state index in [-0.39, 0.29) is 0 Å². The van der Waals surface area contributed by atoms with E-state index >= 15 is 0 Å². The molecule has 0 atom stereocenters. The number of aromatic amines is 1. The molecule has 1 saturated heterocycles. The first-order valence-corrected chi connectivity index (χ1v) is 9.67. The highest BCUT2D eigenvalue weighted by Crippen LogP contribution is 2.37. The van der Waals surface area contributed by atoms with Gasteiger partial charge >= 0.3 is 0 Å². The average molecular weight is 382 g/mol. The molecular weight excluding hydrogens is 360 g/mol. The number of hydrazine groups is 1. The van der Waals surface area contributed by atoms with Crippen molar-refractivity contribution in [1.29, 1.82) is 0 Å². The van der Waals surface area contributed by atoms with E-state index in [4.69, 9.17) is 5.73 Å². The molecule has 2 aromatic heterocycles. The maximum absolute atomic E-state index is 11.5. The highest BCUT2D eigenvalue weighted by molar-refractivity contribution is 7.17. The van der Waals surface area contributed by atoms with Crippen molar-refractivity contribution in [3.05, 3.63) is 53.5 Å². The van der Waals surface area contributed by atoms with Crippen molar-refractivity contribution in [1.82, 2.24) is 20.1 Å². The molecule has 0 spiro atoms. The first-order chi connectivity index (χ1) is 13.1. The number of thiophene rings is 1. The second-order valence-electron chi connectivity index (χ2n) is 6.55. The number of amides is 1. The van der Waals surface area contributed by atoms with Crippen LogP contribution in [0.15, 0.2) is 48.7 Å². The van der Waals surface area contributed by atoms with Gasteiger partial charge in [0, 0.05) is 32.4 Å². The number of anilines is 2. The van der Waals surface area contributed by atoms with Gasteiger partial charge in [0.2, 0.25) is 0 Å². The molecule has 140 valence electrons. The van der Waals surface area contributed by atoms with Gasteiger partial charge in [0.05, 0.1) is 15.4 Å². The molecule has 1 aliphatic heterocycles. The number of nitrogens with two attached hydrogens (primary N) is 1. The van der Waals surface area contributed by atoms with Crippen LogP contribution in [0.4, 0.5) is 11.4 Å². The Balaban J connectivity index is 1.75. The zero-order chi connectivity index (χ0) is 18.8. The van der Waals surface area contributed by atoms with Crippen LogP contribution in [0.1, 0.15) is 9.67 Å². The fraction of sp³-hybridized carbons (Fsp3) is 0.263. The monoisotopic (exact) mass is 382 g/mol. The van der Waals surface area contributed by atoms with E-state index in [0.29, 0.717) is 4.88 Å². The van der Waals surface area contributed by atoms with E-state index < -0.39 is 5.91 Å². The summed E-state index contributed by atoms with van der Waals surface area (Å²) in [6.07, 6.45) is 1.91. The molecule has 27 heavy (non-hydrogen) atoms. The summed E-state index contributed by atoms with van der Waals surface area (Å²) in [4.78, 5) is 15.3. The summed E-state index contributed by atoms with van der Waals surface area (Å²) in [6.45, 7) is 3.85. The van der Waals surface area contributed by atoms with Crippen LogP contribution in [0.3, 0.4) is 0 Å². The van der Waals surface area contributed by atoms with Gasteiger partial charge in [-0.15, -0.1) is 11.3 Å². The minimum atomic E-state index is -0.415. The van der Waals surface area contributed by atoms with Crippen molar-refractivity contribution in [2.24, 2.45) is 5.73 Å². The van der Waals surface area contributed by atoms with Crippen LogP contribution < -0.4 is 10.7 Å². The van der Waals surface area contributed by atoms with Gasteiger partial charge in [-0.3, -0.25) is 14.9 Å². The molecule has 0 saturated carbocycles. The minimum Gasteiger partial charge on any atom is -0.365 e. The van der Waals surface area contributed by atoms with Gasteiger partial charge < -0.3 is 10.6 Å². The van der Waals surface area contributed by atoms with Crippen molar-refractivity contribution in [2.45, 2.75) is 0 Å². The quantitative estimate of drug-likeness (QED) is 0.709. The molecular formula is C19H22N6OS. The number of aromatic nitrogens is 2. The van der Waals surface area contributed by atoms with Gasteiger partial charge in [-0.2, -0.15) is 5.10 Å². The molecule has 7 nitrogen and oxygen atoms in total. The molecule has 1 aliphatic rings. The van der Waals surface area contributed by atoms with Crippen molar-refractivity contribution >= 4 is 28.6 Å². The van der Waals surface area contributed by atoms with Gasteiger partial charge in [0.25, 0.3) is 5.91 Å². The van der Waals surface area contributed by atoms with Crippen molar-refractivity contribution < 1.29 is 4.79 Å². The van der Waals surface area contributed by atoms with Crippen molar-refractivity contribution in [2.75, 3.05) is 38.2 Å². The average Bonchev–Trinajstić information content (AvgIpc) is 3.34. The van der Waals surface area contributed by atoms with E-state index in [2.05, 4.69) is 44.3 Å². The van der Waals surface area contributed by atoms with Crippen LogP contribution in [0.5, 0.6) is 0 Å². The number of para-hydroxylation sites is 1. The number of benzene rings is 1. The Kier molecular flexibility index (Phi) is 4.93. The van der Waals surface area contributed by atoms with Crippen molar-refractivity contribution in [3.8, 4) is 10.6 Å². The van der Waals surface area contributed by atoms with Gasteiger partial charge in [0.1, 0.15) is 11.4 Å². The van der Waals surface area contributed by atoms with Crippen LogP contribution in [0, 0.1) is 0 Å². The Bertz CT molecular complexity index is 913. The lowest BCUT2D eigenvalue weighted by Gasteiger charge is -2.41. The van der Waals surface area contributed by atoms with E-state index in [1.807, 2.05) is 30.5 Å². The summed E-state index contributed by atoms with van der Waals surface area (Å²) in [5.41, 5.74) is 8.28. The number of carbonyl (C=O) groups is 1. The molecule has 0 aliphatic carbocycles. The van der Waals surface area contributed by atoms with Gasteiger partial charge in [0.15, 0.2) is 0 Å². The van der Waals surface area contributed by atoms with Crippen LogP contribution in [0.2, 0.25) is 0 Å². The van der Waals surface area contributed by atoms with E-state index in [0.717, 1.165) is 48.1 Å². The molecule has 8 heteroatoms. The number of rotatable bonds is 5. The summed E-state index contributed by atoms with van der Waals surface area (Å²) in [5, 5.41) is 12.0. The van der Waals surface area contributed by atoms with E-state index in [1.165, 1.54) is 11.3 Å². The predicted octanol–water partition coefficient (Wildman–Crippen LogP) is 2.54. The zero-order valence-corrected chi connectivity index (χ0v) is 15.9. The Hall–Kier alpha value is -2.68. The first kappa shape index (κ1) is 17.7. The third-order valence-corrected chi connectivity index (χ3v) is 5.80. The molecule has 1 aromatic carbocycles. The lowest BCUT2D eigenvalue weighted by atomic mass is 10.2. The summed E-state index contributed by atoms with van der Waals surface area (Å²) in [7, 11) is 2.14. The number of primary amides is 1. The number of piperazine rings is 1. The number of H-pyrrole nitrogens is 1. The fourth-order valence-electron chi connectivity index (χ4n) is 3.24. The fourth-order valence-corrected chi connectivity index (χ4v) is 4.10. The normalized spacial score (nSPS) is 15.7. The Morgan fingerprint density at radius 2 is 1.89 bits per heavy atom. The molecule has 0 bridgehead atoms. The molecule has 3 heterocycles. The molecule has 3 N–H and O–H groups in total. The standard InChI is InChI=1S/C19H22N6OS/c1-23-9-11-24(12-10-23)25(14-5-3-2-4-6-14)15-13-21-22-18(15)16-7-8-17(27-16)19(20)26/h2-8,13H,9-12H2,1H3,(H2,20,26)(H,21,22). The summed E-state index contributed by atoms with van der Waals surface area (Å²) in [6, 6.07) is 13.9. The second kappa shape index (κ2) is 7.51. The lowest BCUT2D eigenvalue weighted by molar-refractivity contribution is 0.100. The smallest absolute Gasteiger partial charge is 0.258 e. The summed E-state index contributed by atoms with van der Waals surface area (Å²) < 4.78 is 0. The number of hydrogen-bond donors (Lipinski definition) is 2. The highest BCUT2D eigenvalue weighted by Gasteiger charge is 2.26. The molecule has 0 unspecified atom stereocenters. The largest absolute Gasteiger partial charge is 0.365 e. The summed E-state index contributed by atoms with van der Waals surface area (Å²) in [5.74, 6) is -0.415. The zero-order valence-electron chi connectivity index (χ0n) is 15.1. The topological polar surface area (TPSA) is 81.5 Å². The molecule has 1 amide bonds. The molecule has 4 rings (SSSR count). The third kappa shape index (κ3) is 3.59. The number of likely N-dealkylation sites (N-methyl/N-ethyl adjacent to an activating group) is 1. The van der Waals surface area contributed by atoms with E-state index in [9.17, 15) is 4.79 Å². The van der Waals surface area contributed by atoms with Crippen LogP contribution in [0.25, 0.3) is 10.6 Å². The number of hydrogen-bond acceptors (Lipinski definition) is 6. The number of carbonyl (C=O) groups excluding carboxylic acids is 1. The van der Waals surface area contributed by atoms with Crippen LogP contribution in [-0.2, 0) is 0 Å². The Morgan fingerprint density at radius 3 is 2.56 bits per heavy atom. The molecule has 1 fully saturated rings. The first-order valence-electron chi connectivity index (χ1n) is 8.86. The van der Waals surface area contributed by atoms with Gasteiger partial charge in [-0.05, 0) is 31.3 Å². The third-order valence-electron chi connectivity index (χ3n) is 4.69. The second-order valence-corrected chi connectivity index (χ2v) is 7.64. The maximum atomic E-state index is 11.5. The Morgan fingerprint density at radius 1 is 1.15 bits per heavy atom. The minimum absolute atomic E-state index is 0.415. The van der Waals surface area contributed by atoms with Crippen LogP contribution in [-0.4, -0.2) is 59.2 Å². The van der Waals surface area contributed by atoms with E-state index in [1.54, 1.807) is 6.07 Å². The Labute approximate surface area is 162 Å². The summed E-state index contributed by atoms with van der Waals surface area (Å²) >= 11 is 1.36. The van der Waals surface area contributed by atoms with Gasteiger partial charge in [-0.25, -0.2) is 5.01 Å². The van der Waals surface area contributed by atoms with Crippen molar-refractivity contribution in [3.63, 3.8) is 0 Å². The SMILES string of the molecule is CN1CCN(N(c2ccccc2)c2c[nH]nc2-c2ccc(C(N)=O)s2)CC1. The molecule has 0 radical (unpaired) electrons. The molecule has 3 aromatic rings. The number of nitrogens with zero attached hydrogens (tertiary/aromatic N) is 4. The number of nitrogens with one attached hydrogen (secondary N) is 1.